The number of hydrogen-bond donors (Lipinski definition) is 2. The maximum atomic E-state index is 13.2. The van der Waals surface area contributed by atoms with E-state index in [1.165, 1.54) is 25.1 Å². The van der Waals surface area contributed by atoms with Crippen molar-refractivity contribution in [2.24, 2.45) is 0 Å². The molecule has 0 aromatic heterocycles. The molecule has 0 fully saturated rings. The van der Waals surface area contributed by atoms with Gasteiger partial charge in [-0.3, -0.25) is 4.79 Å². The van der Waals surface area contributed by atoms with E-state index in [-0.39, 0.29) is 18.0 Å². The number of Topliss-reactive ketones (excluding diaryl/α,β-unsaturated/α-hetero) is 1. The number of benzene rings is 1. The van der Waals surface area contributed by atoms with Gasteiger partial charge in [-0.2, -0.15) is 0 Å². The van der Waals surface area contributed by atoms with Crippen LogP contribution in [0.25, 0.3) is 0 Å². The summed E-state index contributed by atoms with van der Waals surface area (Å²) in [7, 11) is 0. The lowest BCUT2D eigenvalue weighted by Gasteiger charge is -2.10. The van der Waals surface area contributed by atoms with Crippen molar-refractivity contribution in [2.75, 3.05) is 11.9 Å². The second-order valence-corrected chi connectivity index (χ2v) is 3.48. The molecular formula is C11H14FNO2. The highest BCUT2D eigenvalue weighted by molar-refractivity contribution is 5.94. The Balaban J connectivity index is 2.85. The van der Waals surface area contributed by atoms with Crippen LogP contribution < -0.4 is 5.32 Å². The van der Waals surface area contributed by atoms with Crippen LogP contribution in [0.4, 0.5) is 10.1 Å². The van der Waals surface area contributed by atoms with Crippen LogP contribution in [0.3, 0.4) is 0 Å². The van der Waals surface area contributed by atoms with E-state index in [1.807, 2.05) is 0 Å². The van der Waals surface area contributed by atoms with Crippen molar-refractivity contribution in [3.05, 3.63) is 29.6 Å². The van der Waals surface area contributed by atoms with Crippen molar-refractivity contribution in [1.29, 1.82) is 0 Å². The lowest BCUT2D eigenvalue weighted by molar-refractivity contribution is 0.101. The molecule has 0 aliphatic carbocycles. The first-order chi connectivity index (χ1) is 7.00. The predicted molar refractivity (Wildman–Crippen MR) is 56.6 cm³/mol. The van der Waals surface area contributed by atoms with Gasteiger partial charge in [-0.1, -0.05) is 0 Å². The lowest BCUT2D eigenvalue weighted by Crippen LogP contribution is -2.16. The van der Waals surface area contributed by atoms with Crippen molar-refractivity contribution in [1.82, 2.24) is 0 Å². The zero-order chi connectivity index (χ0) is 11.4. The third-order valence-electron chi connectivity index (χ3n) is 1.96. The van der Waals surface area contributed by atoms with Crippen LogP contribution in [0.5, 0.6) is 0 Å². The number of rotatable bonds is 4. The summed E-state index contributed by atoms with van der Waals surface area (Å²) in [5.41, 5.74) is 0.688. The van der Waals surface area contributed by atoms with Gasteiger partial charge >= 0.3 is 0 Å². The van der Waals surface area contributed by atoms with Gasteiger partial charge in [0.15, 0.2) is 5.78 Å². The Morgan fingerprint density at radius 1 is 1.60 bits per heavy atom. The fourth-order valence-corrected chi connectivity index (χ4v) is 1.14. The average Bonchev–Trinajstić information content (AvgIpc) is 2.16. The Labute approximate surface area is 87.9 Å². The molecule has 3 nitrogen and oxygen atoms in total. The Morgan fingerprint density at radius 2 is 2.27 bits per heavy atom. The van der Waals surface area contributed by atoms with Crippen molar-refractivity contribution in [3.63, 3.8) is 0 Å². The zero-order valence-corrected chi connectivity index (χ0v) is 8.75. The topological polar surface area (TPSA) is 49.3 Å². The highest BCUT2D eigenvalue weighted by atomic mass is 19.1. The first-order valence-electron chi connectivity index (χ1n) is 4.73. The van der Waals surface area contributed by atoms with Gasteiger partial charge in [0.25, 0.3) is 0 Å². The number of carbonyl (C=O) groups is 1. The Hall–Kier alpha value is -1.42. The van der Waals surface area contributed by atoms with E-state index in [0.717, 1.165) is 0 Å². The van der Waals surface area contributed by atoms with E-state index in [0.29, 0.717) is 5.56 Å². The second kappa shape index (κ2) is 4.89. The second-order valence-electron chi connectivity index (χ2n) is 3.48. The van der Waals surface area contributed by atoms with Crippen LogP contribution in [-0.2, 0) is 0 Å². The fraction of sp³-hybridized carbons (Fsp3) is 0.364. The molecule has 0 spiro atoms. The van der Waals surface area contributed by atoms with Gasteiger partial charge in [-0.25, -0.2) is 4.39 Å². The quantitative estimate of drug-likeness (QED) is 0.747. The van der Waals surface area contributed by atoms with E-state index in [2.05, 4.69) is 5.32 Å². The van der Waals surface area contributed by atoms with Crippen molar-refractivity contribution >= 4 is 11.5 Å². The predicted octanol–water partition coefficient (Wildman–Crippen LogP) is 1.82. The molecule has 1 aromatic carbocycles. The number of ketones is 1. The molecule has 0 amide bonds. The smallest absolute Gasteiger partial charge is 0.159 e. The summed E-state index contributed by atoms with van der Waals surface area (Å²) in [5.74, 6) is -0.546. The number of carbonyl (C=O) groups excluding carboxylic acids is 1. The van der Waals surface area contributed by atoms with Crippen LogP contribution in [0.15, 0.2) is 18.2 Å². The monoisotopic (exact) mass is 211 g/mol. The van der Waals surface area contributed by atoms with E-state index in [4.69, 9.17) is 5.11 Å². The van der Waals surface area contributed by atoms with Crippen LogP contribution in [0.2, 0.25) is 0 Å². The SMILES string of the molecule is CC(=O)c1ccc(F)c(NCC(C)O)c1. The van der Waals surface area contributed by atoms with Crippen molar-refractivity contribution in [2.45, 2.75) is 20.0 Å². The number of anilines is 1. The van der Waals surface area contributed by atoms with Crippen LogP contribution >= 0.6 is 0 Å². The molecule has 0 saturated heterocycles. The van der Waals surface area contributed by atoms with Crippen LogP contribution in [0.1, 0.15) is 24.2 Å². The van der Waals surface area contributed by atoms with Crippen LogP contribution in [0, 0.1) is 5.82 Å². The van der Waals surface area contributed by atoms with E-state index < -0.39 is 11.9 Å². The summed E-state index contributed by atoms with van der Waals surface area (Å²) in [6.45, 7) is 3.27. The first kappa shape index (κ1) is 11.7. The van der Waals surface area contributed by atoms with Gasteiger partial charge in [0, 0.05) is 12.1 Å². The lowest BCUT2D eigenvalue weighted by atomic mass is 10.1. The number of hydrogen-bond acceptors (Lipinski definition) is 3. The molecule has 1 aromatic rings. The zero-order valence-electron chi connectivity index (χ0n) is 8.75. The molecular weight excluding hydrogens is 197 g/mol. The fourth-order valence-electron chi connectivity index (χ4n) is 1.14. The van der Waals surface area contributed by atoms with Gasteiger partial charge in [0.05, 0.1) is 11.8 Å². The molecule has 0 aliphatic heterocycles. The summed E-state index contributed by atoms with van der Waals surface area (Å²) >= 11 is 0. The Kier molecular flexibility index (Phi) is 3.80. The maximum absolute atomic E-state index is 13.2. The number of aliphatic hydroxyl groups is 1. The molecule has 82 valence electrons. The summed E-state index contributed by atoms with van der Waals surface area (Å²) in [6.07, 6.45) is -0.564. The van der Waals surface area contributed by atoms with Gasteiger partial charge < -0.3 is 10.4 Å². The minimum Gasteiger partial charge on any atom is -0.392 e. The summed E-state index contributed by atoms with van der Waals surface area (Å²) < 4.78 is 13.2. The molecule has 1 unspecified atom stereocenters. The highest BCUT2D eigenvalue weighted by Crippen LogP contribution is 2.16. The minimum atomic E-state index is -0.564. The summed E-state index contributed by atoms with van der Waals surface area (Å²) in [5, 5.41) is 11.8. The molecule has 0 heterocycles. The largest absolute Gasteiger partial charge is 0.392 e. The number of aliphatic hydroxyl groups excluding tert-OH is 1. The molecule has 4 heteroatoms. The van der Waals surface area contributed by atoms with Gasteiger partial charge in [0.2, 0.25) is 0 Å². The third kappa shape index (κ3) is 3.32. The molecule has 0 aliphatic rings. The van der Waals surface area contributed by atoms with E-state index in [9.17, 15) is 9.18 Å². The minimum absolute atomic E-state index is 0.116. The molecule has 0 saturated carbocycles. The Bertz CT molecular complexity index is 364. The van der Waals surface area contributed by atoms with Gasteiger partial charge in [-0.05, 0) is 32.0 Å². The standard InChI is InChI=1S/C11H14FNO2/c1-7(14)6-13-11-5-9(8(2)15)3-4-10(11)12/h3-5,7,13-14H,6H2,1-2H3. The molecule has 1 rings (SSSR count). The average molecular weight is 211 g/mol. The number of nitrogens with one attached hydrogen (secondary N) is 1. The molecule has 2 N–H and O–H groups in total. The van der Waals surface area contributed by atoms with E-state index in [1.54, 1.807) is 6.92 Å². The van der Waals surface area contributed by atoms with E-state index >= 15 is 0 Å². The van der Waals surface area contributed by atoms with Crippen molar-refractivity contribution in [3.8, 4) is 0 Å². The van der Waals surface area contributed by atoms with Gasteiger partial charge in [0.1, 0.15) is 5.82 Å². The highest BCUT2D eigenvalue weighted by Gasteiger charge is 2.06. The molecule has 0 radical (unpaired) electrons. The maximum Gasteiger partial charge on any atom is 0.159 e. The normalized spacial score (nSPS) is 12.3. The first-order valence-corrected chi connectivity index (χ1v) is 4.73. The molecule has 1 atom stereocenters. The Morgan fingerprint density at radius 3 is 2.80 bits per heavy atom. The summed E-state index contributed by atoms with van der Waals surface area (Å²) in [4.78, 5) is 11.0. The molecule has 0 bridgehead atoms. The van der Waals surface area contributed by atoms with Gasteiger partial charge in [-0.15, -0.1) is 0 Å². The number of halogens is 1. The summed E-state index contributed by atoms with van der Waals surface area (Å²) in [6, 6.07) is 4.12. The van der Waals surface area contributed by atoms with Crippen molar-refractivity contribution < 1.29 is 14.3 Å². The molecule has 15 heavy (non-hydrogen) atoms. The third-order valence-corrected chi connectivity index (χ3v) is 1.96. The van der Waals surface area contributed by atoms with Crippen LogP contribution in [-0.4, -0.2) is 23.5 Å².